The zero-order valence-electron chi connectivity index (χ0n) is 12.5. The standard InChI is InChI=1S/C16H17N5O/c1-12(21-11-17-10-19-21)16(22)20(2)9-13-5-6-15-14(8-13)4-3-7-18-15/h3-8,10-12H,9H2,1-2H3/t12-/m0/s1. The maximum atomic E-state index is 12.4. The van der Waals surface area contributed by atoms with Crippen LogP contribution in [0.4, 0.5) is 0 Å². The maximum absolute atomic E-state index is 12.4. The Kier molecular flexibility index (Phi) is 3.82. The normalized spacial score (nSPS) is 12.3. The van der Waals surface area contributed by atoms with Gasteiger partial charge >= 0.3 is 0 Å². The summed E-state index contributed by atoms with van der Waals surface area (Å²) in [5.74, 6) is -0.00298. The summed E-state index contributed by atoms with van der Waals surface area (Å²) < 4.78 is 1.56. The van der Waals surface area contributed by atoms with Gasteiger partial charge < -0.3 is 4.90 Å². The van der Waals surface area contributed by atoms with E-state index in [0.29, 0.717) is 6.54 Å². The number of likely N-dealkylation sites (N-methyl/N-ethyl adjacent to an activating group) is 1. The average Bonchev–Trinajstić information content (AvgIpc) is 3.07. The largest absolute Gasteiger partial charge is 0.340 e. The molecule has 0 bridgehead atoms. The van der Waals surface area contributed by atoms with E-state index in [2.05, 4.69) is 21.1 Å². The van der Waals surface area contributed by atoms with Gasteiger partial charge in [-0.3, -0.25) is 9.78 Å². The van der Waals surface area contributed by atoms with Gasteiger partial charge in [-0.15, -0.1) is 0 Å². The number of nitrogens with zero attached hydrogens (tertiary/aromatic N) is 5. The lowest BCUT2D eigenvalue weighted by atomic mass is 10.1. The van der Waals surface area contributed by atoms with Crippen LogP contribution in [0.1, 0.15) is 18.5 Å². The van der Waals surface area contributed by atoms with Crippen molar-refractivity contribution in [2.75, 3.05) is 7.05 Å². The van der Waals surface area contributed by atoms with Crippen molar-refractivity contribution < 1.29 is 4.79 Å². The molecule has 0 spiro atoms. The zero-order chi connectivity index (χ0) is 15.5. The molecule has 2 heterocycles. The maximum Gasteiger partial charge on any atom is 0.247 e. The number of hydrogen-bond donors (Lipinski definition) is 0. The predicted octanol–water partition coefficient (Wildman–Crippen LogP) is 2.05. The third kappa shape index (κ3) is 2.81. The molecule has 1 aromatic carbocycles. The molecule has 0 radical (unpaired) electrons. The molecule has 0 fully saturated rings. The number of hydrogen-bond acceptors (Lipinski definition) is 4. The van der Waals surface area contributed by atoms with E-state index in [4.69, 9.17) is 0 Å². The van der Waals surface area contributed by atoms with Gasteiger partial charge in [0.15, 0.2) is 0 Å². The first kappa shape index (κ1) is 14.2. The Balaban J connectivity index is 1.74. The topological polar surface area (TPSA) is 63.9 Å². The molecule has 0 saturated carbocycles. The van der Waals surface area contributed by atoms with Crippen LogP contribution in [0, 0.1) is 0 Å². The minimum atomic E-state index is -0.366. The average molecular weight is 295 g/mol. The molecule has 0 aliphatic heterocycles. The van der Waals surface area contributed by atoms with E-state index in [-0.39, 0.29) is 11.9 Å². The zero-order valence-corrected chi connectivity index (χ0v) is 12.5. The third-order valence-electron chi connectivity index (χ3n) is 3.65. The van der Waals surface area contributed by atoms with Gasteiger partial charge in [0.05, 0.1) is 5.52 Å². The Bertz CT molecular complexity index is 784. The lowest BCUT2D eigenvalue weighted by Gasteiger charge is -2.21. The highest BCUT2D eigenvalue weighted by Gasteiger charge is 2.19. The van der Waals surface area contributed by atoms with Crippen molar-refractivity contribution in [2.24, 2.45) is 0 Å². The summed E-state index contributed by atoms with van der Waals surface area (Å²) in [4.78, 5) is 22.3. The molecule has 0 unspecified atom stereocenters. The van der Waals surface area contributed by atoms with Crippen LogP contribution in [0.15, 0.2) is 49.2 Å². The second kappa shape index (κ2) is 5.93. The molecule has 6 nitrogen and oxygen atoms in total. The van der Waals surface area contributed by atoms with Crippen LogP contribution in [0.25, 0.3) is 10.9 Å². The lowest BCUT2D eigenvalue weighted by Crippen LogP contribution is -2.33. The van der Waals surface area contributed by atoms with Crippen LogP contribution in [-0.2, 0) is 11.3 Å². The minimum Gasteiger partial charge on any atom is -0.340 e. The Morgan fingerprint density at radius 2 is 2.23 bits per heavy atom. The van der Waals surface area contributed by atoms with E-state index in [9.17, 15) is 4.79 Å². The Hall–Kier alpha value is -2.76. The molecule has 112 valence electrons. The highest BCUT2D eigenvalue weighted by molar-refractivity contribution is 5.81. The van der Waals surface area contributed by atoms with Crippen molar-refractivity contribution in [1.29, 1.82) is 0 Å². The quantitative estimate of drug-likeness (QED) is 0.739. The number of rotatable bonds is 4. The number of aromatic nitrogens is 4. The number of carbonyl (C=O) groups excluding carboxylic acids is 1. The number of fused-ring (bicyclic) bond motifs is 1. The third-order valence-corrected chi connectivity index (χ3v) is 3.65. The fourth-order valence-electron chi connectivity index (χ4n) is 2.42. The fourth-order valence-corrected chi connectivity index (χ4v) is 2.42. The van der Waals surface area contributed by atoms with Gasteiger partial charge in [0.25, 0.3) is 0 Å². The first-order valence-electron chi connectivity index (χ1n) is 7.08. The molecular weight excluding hydrogens is 278 g/mol. The first-order chi connectivity index (χ1) is 10.6. The van der Waals surface area contributed by atoms with E-state index in [1.807, 2.05) is 31.2 Å². The summed E-state index contributed by atoms with van der Waals surface area (Å²) in [7, 11) is 1.79. The highest BCUT2D eigenvalue weighted by Crippen LogP contribution is 2.16. The van der Waals surface area contributed by atoms with Crippen LogP contribution in [0.2, 0.25) is 0 Å². The summed E-state index contributed by atoms with van der Waals surface area (Å²) in [6, 6.07) is 9.60. The van der Waals surface area contributed by atoms with Gasteiger partial charge in [-0.25, -0.2) is 9.67 Å². The smallest absolute Gasteiger partial charge is 0.247 e. The van der Waals surface area contributed by atoms with Gasteiger partial charge in [-0.2, -0.15) is 5.10 Å². The van der Waals surface area contributed by atoms with Gasteiger partial charge in [0, 0.05) is 25.2 Å². The summed E-state index contributed by atoms with van der Waals surface area (Å²) in [5, 5.41) is 5.09. The Labute approximate surface area is 128 Å². The summed E-state index contributed by atoms with van der Waals surface area (Å²) in [6.07, 6.45) is 4.76. The minimum absolute atomic E-state index is 0.00298. The van der Waals surface area contributed by atoms with Crippen LogP contribution in [0.5, 0.6) is 0 Å². The highest BCUT2D eigenvalue weighted by atomic mass is 16.2. The van der Waals surface area contributed by atoms with Crippen molar-refractivity contribution in [3.8, 4) is 0 Å². The van der Waals surface area contributed by atoms with Crippen molar-refractivity contribution in [3.05, 3.63) is 54.7 Å². The van der Waals surface area contributed by atoms with Crippen LogP contribution < -0.4 is 0 Å². The molecule has 0 N–H and O–H groups in total. The van der Waals surface area contributed by atoms with E-state index in [0.717, 1.165) is 16.5 Å². The molecular formula is C16H17N5O. The molecule has 1 atom stereocenters. The number of benzene rings is 1. The first-order valence-corrected chi connectivity index (χ1v) is 7.08. The molecule has 3 aromatic rings. The van der Waals surface area contributed by atoms with Crippen molar-refractivity contribution in [1.82, 2.24) is 24.6 Å². The van der Waals surface area contributed by atoms with Crippen molar-refractivity contribution >= 4 is 16.8 Å². The van der Waals surface area contributed by atoms with Crippen molar-refractivity contribution in [3.63, 3.8) is 0 Å². The van der Waals surface area contributed by atoms with Crippen molar-refractivity contribution in [2.45, 2.75) is 19.5 Å². The molecule has 0 saturated heterocycles. The SMILES string of the molecule is C[C@@H](C(=O)N(C)Cc1ccc2ncccc2c1)n1cncn1. The second-order valence-corrected chi connectivity index (χ2v) is 5.28. The summed E-state index contributed by atoms with van der Waals surface area (Å²) >= 11 is 0. The molecule has 22 heavy (non-hydrogen) atoms. The number of amides is 1. The van der Waals surface area contributed by atoms with E-state index >= 15 is 0 Å². The molecule has 0 aliphatic rings. The number of carbonyl (C=O) groups is 1. The Morgan fingerprint density at radius 3 is 3.00 bits per heavy atom. The fraction of sp³-hybridized carbons (Fsp3) is 0.250. The van der Waals surface area contributed by atoms with Gasteiger partial charge in [0.1, 0.15) is 18.7 Å². The monoisotopic (exact) mass is 295 g/mol. The van der Waals surface area contributed by atoms with E-state index in [1.165, 1.54) is 6.33 Å². The van der Waals surface area contributed by atoms with Crippen LogP contribution in [0.3, 0.4) is 0 Å². The summed E-state index contributed by atoms with van der Waals surface area (Å²) in [5.41, 5.74) is 2.03. The second-order valence-electron chi connectivity index (χ2n) is 5.28. The van der Waals surface area contributed by atoms with E-state index < -0.39 is 0 Å². The van der Waals surface area contributed by atoms with Gasteiger partial charge in [-0.05, 0) is 30.7 Å². The van der Waals surface area contributed by atoms with Gasteiger partial charge in [-0.1, -0.05) is 12.1 Å². The molecule has 1 amide bonds. The number of pyridine rings is 1. The predicted molar refractivity (Wildman–Crippen MR) is 83.0 cm³/mol. The lowest BCUT2D eigenvalue weighted by molar-refractivity contribution is -0.133. The molecule has 2 aromatic heterocycles. The van der Waals surface area contributed by atoms with Crippen LogP contribution >= 0.6 is 0 Å². The molecule has 0 aliphatic carbocycles. The van der Waals surface area contributed by atoms with E-state index in [1.54, 1.807) is 29.2 Å². The molecule has 3 rings (SSSR count). The Morgan fingerprint density at radius 1 is 1.36 bits per heavy atom. The molecule has 6 heteroatoms. The van der Waals surface area contributed by atoms with Gasteiger partial charge in [0.2, 0.25) is 5.91 Å². The van der Waals surface area contributed by atoms with Crippen LogP contribution in [-0.4, -0.2) is 37.6 Å². The summed E-state index contributed by atoms with van der Waals surface area (Å²) in [6.45, 7) is 2.36.